The van der Waals surface area contributed by atoms with Crippen LogP contribution < -0.4 is 29.6 Å². The van der Waals surface area contributed by atoms with Gasteiger partial charge in [0.05, 0.1) is 37.9 Å². The molecule has 2 atom stereocenters. The van der Waals surface area contributed by atoms with Gasteiger partial charge in [-0.2, -0.15) is 0 Å². The van der Waals surface area contributed by atoms with E-state index in [1.54, 1.807) is 42.2 Å². The van der Waals surface area contributed by atoms with Gasteiger partial charge in [0.1, 0.15) is 40.6 Å². The van der Waals surface area contributed by atoms with Gasteiger partial charge in [0, 0.05) is 49.2 Å². The molecule has 4 aliphatic rings. The molecule has 230 valence electrons. The van der Waals surface area contributed by atoms with Gasteiger partial charge in [-0.1, -0.05) is 0 Å². The Balaban J connectivity index is 1.35. The van der Waals surface area contributed by atoms with Gasteiger partial charge in [0.2, 0.25) is 0 Å². The number of Topliss-reactive ketones (excluding diaryl/α,β-unsaturated/α-hetero) is 1. The van der Waals surface area contributed by atoms with Crippen molar-refractivity contribution in [2.24, 2.45) is 0 Å². The average Bonchev–Trinajstić information content (AvgIpc) is 3.58. The number of nitrogens with one attached hydrogen (secondary N) is 2. The summed E-state index contributed by atoms with van der Waals surface area (Å²) in [6.07, 6.45) is 1.01. The highest BCUT2D eigenvalue weighted by Crippen LogP contribution is 2.33. The highest BCUT2D eigenvalue weighted by atomic mass is 16.5. The van der Waals surface area contributed by atoms with Crippen LogP contribution in [0.1, 0.15) is 61.0 Å². The maximum absolute atomic E-state index is 13.9. The molecule has 4 heterocycles. The second kappa shape index (κ2) is 11.9. The van der Waals surface area contributed by atoms with Gasteiger partial charge in [0.25, 0.3) is 17.7 Å². The minimum atomic E-state index is -0.645. The summed E-state index contributed by atoms with van der Waals surface area (Å²) in [4.78, 5) is 54.4. The molecule has 7 rings (SSSR count). The van der Waals surface area contributed by atoms with Crippen LogP contribution in [0.3, 0.4) is 0 Å². The number of carbonyl (C=O) groups excluding carboxylic acids is 4. The zero-order chi connectivity index (χ0) is 31.0. The van der Waals surface area contributed by atoms with Crippen LogP contribution in [0.4, 0.5) is 0 Å². The molecule has 3 aliphatic heterocycles. The average molecular weight is 604 g/mol. The Labute approximate surface area is 253 Å². The summed E-state index contributed by atoms with van der Waals surface area (Å²) < 4.78 is 28.8. The van der Waals surface area contributed by atoms with E-state index < -0.39 is 18.1 Å². The molecule has 0 unspecified atom stereocenters. The molecule has 1 aromatic heterocycles. The van der Waals surface area contributed by atoms with E-state index >= 15 is 0 Å². The summed E-state index contributed by atoms with van der Waals surface area (Å²) in [7, 11) is 2.98. The second-order valence-electron chi connectivity index (χ2n) is 11.0. The Morgan fingerprint density at radius 2 is 1.84 bits per heavy atom. The third kappa shape index (κ3) is 5.67. The van der Waals surface area contributed by atoms with E-state index in [9.17, 15) is 19.2 Å². The van der Waals surface area contributed by atoms with Crippen molar-refractivity contribution in [3.05, 3.63) is 70.2 Å². The van der Waals surface area contributed by atoms with Gasteiger partial charge >= 0.3 is 0 Å². The van der Waals surface area contributed by atoms with E-state index in [1.807, 2.05) is 0 Å². The van der Waals surface area contributed by atoms with Crippen LogP contribution in [0.2, 0.25) is 0 Å². The third-order valence-electron chi connectivity index (χ3n) is 8.10. The number of rotatable bonds is 3. The maximum Gasteiger partial charge on any atom is 0.258 e. The Bertz CT molecular complexity index is 1650. The molecule has 1 aliphatic carbocycles. The molecule has 12 heteroatoms. The van der Waals surface area contributed by atoms with Crippen molar-refractivity contribution < 1.29 is 42.5 Å². The fourth-order valence-corrected chi connectivity index (χ4v) is 5.89. The summed E-state index contributed by atoms with van der Waals surface area (Å²) >= 11 is 0. The van der Waals surface area contributed by atoms with Crippen molar-refractivity contribution in [1.29, 1.82) is 0 Å². The fourth-order valence-electron chi connectivity index (χ4n) is 5.89. The van der Waals surface area contributed by atoms with E-state index in [0.717, 1.165) is 5.56 Å². The van der Waals surface area contributed by atoms with Gasteiger partial charge in [-0.3, -0.25) is 19.2 Å². The number of methoxy groups -OCH3 is 2. The first kappa shape index (κ1) is 29.1. The standard InChI is InChI=1S/C32H33N3O9/c1-17-29(30-24(36)5-4-6-25(30)43-17)32(39)35-14-23-27(15-35)44-20-8-7-18(26(12-20)41-3)13-33-28(37)16-42-22-10-19(31(38)34-23)9-21(11-22)40-2/h7-12,23,27H,4-6,13-16H2,1-3H3,(H,33,37)(H,34,38)/t23-,27-/m0/s1. The number of hydrogen-bond acceptors (Lipinski definition) is 9. The molecule has 44 heavy (non-hydrogen) atoms. The molecule has 1 fully saturated rings. The quantitative estimate of drug-likeness (QED) is 0.462. The molecule has 2 N–H and O–H groups in total. The van der Waals surface area contributed by atoms with Crippen LogP contribution in [0.25, 0.3) is 0 Å². The summed E-state index contributed by atoms with van der Waals surface area (Å²) in [5.74, 6) is 1.28. The van der Waals surface area contributed by atoms with E-state index in [1.165, 1.54) is 20.3 Å². The van der Waals surface area contributed by atoms with Crippen molar-refractivity contribution in [3.63, 3.8) is 0 Å². The number of likely N-dealkylation sites (tertiary alicyclic amines) is 1. The molecular formula is C32H33N3O9. The van der Waals surface area contributed by atoms with Crippen molar-refractivity contribution in [3.8, 4) is 23.0 Å². The molecule has 1 saturated heterocycles. The molecule has 0 radical (unpaired) electrons. The number of nitrogens with zero attached hydrogens (tertiary/aromatic N) is 1. The number of benzene rings is 2. The lowest BCUT2D eigenvalue weighted by atomic mass is 9.93. The molecule has 0 saturated carbocycles. The van der Waals surface area contributed by atoms with Gasteiger partial charge in [-0.25, -0.2) is 0 Å². The van der Waals surface area contributed by atoms with E-state index in [2.05, 4.69) is 10.6 Å². The topological polar surface area (TPSA) is 146 Å². The predicted octanol–water partition coefficient (Wildman–Crippen LogP) is 2.83. The van der Waals surface area contributed by atoms with E-state index in [4.69, 9.17) is 23.4 Å². The summed E-state index contributed by atoms with van der Waals surface area (Å²) in [6.45, 7) is 1.87. The number of ether oxygens (including phenoxy) is 4. The van der Waals surface area contributed by atoms with Crippen molar-refractivity contribution in [2.75, 3.05) is 33.9 Å². The van der Waals surface area contributed by atoms with Gasteiger partial charge < -0.3 is 38.9 Å². The van der Waals surface area contributed by atoms with Crippen molar-refractivity contribution >= 4 is 23.5 Å². The highest BCUT2D eigenvalue weighted by Gasteiger charge is 2.41. The Morgan fingerprint density at radius 1 is 1.00 bits per heavy atom. The Morgan fingerprint density at radius 3 is 2.64 bits per heavy atom. The lowest BCUT2D eigenvalue weighted by Gasteiger charge is -2.22. The number of hydrogen-bond donors (Lipinski definition) is 2. The molecular weight excluding hydrogens is 570 g/mol. The fraction of sp³-hybridized carbons (Fsp3) is 0.375. The number of aryl methyl sites for hydroxylation is 2. The Kier molecular flexibility index (Phi) is 7.90. The van der Waals surface area contributed by atoms with Crippen LogP contribution in [0.15, 0.2) is 40.8 Å². The Hall–Kier alpha value is -5.00. The highest BCUT2D eigenvalue weighted by molar-refractivity contribution is 6.10. The lowest BCUT2D eigenvalue weighted by Crippen LogP contribution is -2.45. The van der Waals surface area contributed by atoms with Gasteiger partial charge in [-0.15, -0.1) is 0 Å². The monoisotopic (exact) mass is 603 g/mol. The van der Waals surface area contributed by atoms with Crippen LogP contribution in [0.5, 0.6) is 23.0 Å². The zero-order valence-electron chi connectivity index (χ0n) is 24.7. The summed E-state index contributed by atoms with van der Waals surface area (Å²) in [5, 5.41) is 5.81. The van der Waals surface area contributed by atoms with E-state index in [-0.39, 0.29) is 60.7 Å². The molecule has 12 nitrogen and oxygen atoms in total. The first-order valence-electron chi connectivity index (χ1n) is 14.4. The van der Waals surface area contributed by atoms with Crippen molar-refractivity contribution in [1.82, 2.24) is 15.5 Å². The molecule has 3 amide bonds. The second-order valence-corrected chi connectivity index (χ2v) is 11.0. The third-order valence-corrected chi connectivity index (χ3v) is 8.10. The number of ketones is 1. The van der Waals surface area contributed by atoms with Crippen LogP contribution >= 0.6 is 0 Å². The minimum Gasteiger partial charge on any atom is -0.497 e. The molecule has 0 spiro atoms. The van der Waals surface area contributed by atoms with Crippen LogP contribution in [0, 0.1) is 6.92 Å². The summed E-state index contributed by atoms with van der Waals surface area (Å²) in [5.41, 5.74) is 1.59. The number of furan rings is 1. The smallest absolute Gasteiger partial charge is 0.258 e. The van der Waals surface area contributed by atoms with Gasteiger partial charge in [0.15, 0.2) is 12.4 Å². The van der Waals surface area contributed by atoms with Crippen molar-refractivity contribution in [2.45, 2.75) is 44.9 Å². The van der Waals surface area contributed by atoms with Crippen LogP contribution in [-0.4, -0.2) is 74.5 Å². The molecule has 3 aromatic rings. The number of fused-ring (bicyclic) bond motifs is 8. The first-order valence-corrected chi connectivity index (χ1v) is 14.4. The molecule has 4 bridgehead atoms. The molecule has 2 aromatic carbocycles. The largest absolute Gasteiger partial charge is 0.497 e. The minimum absolute atomic E-state index is 0.101. The number of amides is 3. The zero-order valence-corrected chi connectivity index (χ0v) is 24.7. The predicted molar refractivity (Wildman–Crippen MR) is 156 cm³/mol. The lowest BCUT2D eigenvalue weighted by molar-refractivity contribution is -0.123. The van der Waals surface area contributed by atoms with Crippen LogP contribution in [-0.2, 0) is 17.8 Å². The summed E-state index contributed by atoms with van der Waals surface area (Å²) in [6, 6.07) is 9.25. The van der Waals surface area contributed by atoms with E-state index in [0.29, 0.717) is 53.6 Å². The first-order chi connectivity index (χ1) is 21.2. The normalized spacial score (nSPS) is 20.0. The van der Waals surface area contributed by atoms with Gasteiger partial charge in [-0.05, 0) is 37.6 Å². The SMILES string of the molecule is COc1cc2cc(c1)C(=O)N[C@H]1CN(C(=O)c3c(C)oc4c3C(=O)CCC4)C[C@@H]1Oc1ccc(c(OC)c1)CNC(=O)CO2. The maximum atomic E-state index is 13.9. The number of carbonyl (C=O) groups is 4.